The Labute approximate surface area is 228 Å². The van der Waals surface area contributed by atoms with Gasteiger partial charge in [0, 0.05) is 23.9 Å². The number of nitrogens with two attached hydrogens (primary N) is 4. The lowest BCUT2D eigenvalue weighted by atomic mass is 10.2. The molecule has 0 saturated heterocycles. The molecule has 3 aromatic rings. The van der Waals surface area contributed by atoms with Crippen molar-refractivity contribution in [2.75, 3.05) is 5.73 Å². The van der Waals surface area contributed by atoms with Crippen LogP contribution in [0, 0.1) is 34.1 Å². The number of hydrogen-bond acceptors (Lipinski definition) is 12. The van der Waals surface area contributed by atoms with Gasteiger partial charge in [0.25, 0.3) is 11.4 Å². The maximum Gasteiger partial charge on any atom is 0.273 e. The van der Waals surface area contributed by atoms with E-state index in [0.29, 0.717) is 11.3 Å². The summed E-state index contributed by atoms with van der Waals surface area (Å²) in [7, 11) is -11.5. The highest BCUT2D eigenvalue weighted by molar-refractivity contribution is 7.89. The standard InChI is InChI=1S/C7H8N2O4S.C7H10N2O2S.C6H6N2O5S/c1-5-4-6(9(10)11)2-3-7(5)14(8,12)13;1-5-4-6(8)2-3-7(5)12(9,10)11;7-14(12,13)6-2-1-4(8(10)11)3-5(6)9/h2-4H,1H3,(H2,8,12,13);2-4H,8H2,1H3,(H2,9,10,11);1-3,9H,(H2,7,12,13). The van der Waals surface area contributed by atoms with Gasteiger partial charge < -0.3 is 10.8 Å². The molecule has 20 heteroatoms. The summed E-state index contributed by atoms with van der Waals surface area (Å²) in [5, 5.41) is 44.2. The van der Waals surface area contributed by atoms with Crippen LogP contribution in [-0.4, -0.2) is 40.2 Å². The number of phenolic OH excluding ortho intramolecular Hbond substituents is 1. The molecular formula is C20H24N6O11S3. The predicted molar refractivity (Wildman–Crippen MR) is 142 cm³/mol. The van der Waals surface area contributed by atoms with Gasteiger partial charge in [0.05, 0.1) is 25.7 Å². The summed E-state index contributed by atoms with van der Waals surface area (Å²) >= 11 is 0. The molecule has 9 N–H and O–H groups in total. The molecule has 218 valence electrons. The van der Waals surface area contributed by atoms with Crippen molar-refractivity contribution in [3.8, 4) is 5.75 Å². The fraction of sp³-hybridized carbons (Fsp3) is 0.100. The van der Waals surface area contributed by atoms with Crippen LogP contribution < -0.4 is 21.2 Å². The molecule has 17 nitrogen and oxygen atoms in total. The molecule has 0 saturated carbocycles. The fourth-order valence-corrected chi connectivity index (χ4v) is 5.06. The summed E-state index contributed by atoms with van der Waals surface area (Å²) in [5.41, 5.74) is 6.23. The molecular weight excluding hydrogens is 596 g/mol. The average molecular weight is 621 g/mol. The van der Waals surface area contributed by atoms with Crippen molar-refractivity contribution in [2.45, 2.75) is 28.5 Å². The molecule has 0 fully saturated rings. The smallest absolute Gasteiger partial charge is 0.273 e. The Hall–Kier alpha value is -4.21. The highest BCUT2D eigenvalue weighted by Gasteiger charge is 2.17. The van der Waals surface area contributed by atoms with Gasteiger partial charge in [-0.1, -0.05) is 0 Å². The second-order valence-corrected chi connectivity index (χ2v) is 12.4. The van der Waals surface area contributed by atoms with E-state index in [9.17, 15) is 45.5 Å². The van der Waals surface area contributed by atoms with Gasteiger partial charge in [-0.25, -0.2) is 40.7 Å². The van der Waals surface area contributed by atoms with Gasteiger partial charge in [0.15, 0.2) is 0 Å². The van der Waals surface area contributed by atoms with E-state index >= 15 is 0 Å². The first-order chi connectivity index (χ1) is 18.1. The van der Waals surface area contributed by atoms with Crippen molar-refractivity contribution in [1.82, 2.24) is 0 Å². The number of nitrogens with zero attached hydrogens (tertiary/aromatic N) is 2. The number of benzene rings is 3. The molecule has 0 atom stereocenters. The van der Waals surface area contributed by atoms with E-state index in [0.717, 1.165) is 30.3 Å². The second kappa shape index (κ2) is 12.8. The molecule has 0 aliphatic carbocycles. The lowest BCUT2D eigenvalue weighted by molar-refractivity contribution is -0.385. The van der Waals surface area contributed by atoms with E-state index in [1.807, 2.05) is 0 Å². The summed E-state index contributed by atoms with van der Waals surface area (Å²) in [6.45, 7) is 3.10. The number of rotatable bonds is 5. The molecule has 0 aliphatic heterocycles. The number of aromatic hydroxyl groups is 1. The number of anilines is 1. The average Bonchev–Trinajstić information content (AvgIpc) is 2.77. The Bertz CT molecular complexity index is 1680. The first kappa shape index (κ1) is 33.8. The maximum absolute atomic E-state index is 10.9. The van der Waals surface area contributed by atoms with E-state index < -0.39 is 56.2 Å². The molecule has 0 spiro atoms. The van der Waals surface area contributed by atoms with Crippen LogP contribution in [0.1, 0.15) is 11.1 Å². The van der Waals surface area contributed by atoms with Crippen LogP contribution in [0.4, 0.5) is 17.1 Å². The first-order valence-electron chi connectivity index (χ1n) is 10.2. The predicted octanol–water partition coefficient (Wildman–Crippen LogP) is 0.723. The summed E-state index contributed by atoms with van der Waals surface area (Å²) in [6, 6.07) is 10.4. The number of phenols is 1. The highest BCUT2D eigenvalue weighted by Crippen LogP contribution is 2.26. The third-order valence-electron chi connectivity index (χ3n) is 4.64. The molecule has 0 unspecified atom stereocenters. The number of nitrogen functional groups attached to an aromatic ring is 1. The van der Waals surface area contributed by atoms with E-state index in [1.54, 1.807) is 13.0 Å². The van der Waals surface area contributed by atoms with Crippen molar-refractivity contribution >= 4 is 47.1 Å². The number of aryl methyl sites for hydroxylation is 2. The van der Waals surface area contributed by atoms with Crippen molar-refractivity contribution in [1.29, 1.82) is 0 Å². The van der Waals surface area contributed by atoms with Crippen LogP contribution in [0.5, 0.6) is 5.75 Å². The lowest BCUT2D eigenvalue weighted by Crippen LogP contribution is -2.13. The molecule has 0 bridgehead atoms. The maximum atomic E-state index is 10.9. The molecule has 3 aromatic carbocycles. The van der Waals surface area contributed by atoms with E-state index in [1.165, 1.54) is 25.1 Å². The first-order valence-corrected chi connectivity index (χ1v) is 14.9. The minimum atomic E-state index is -4.05. The van der Waals surface area contributed by atoms with Gasteiger partial charge in [0.2, 0.25) is 30.1 Å². The Morgan fingerprint density at radius 1 is 0.625 bits per heavy atom. The second-order valence-electron chi connectivity index (χ2n) is 7.78. The molecule has 3 rings (SSSR count). The normalized spacial score (nSPS) is 11.3. The Balaban J connectivity index is 0.000000301. The van der Waals surface area contributed by atoms with Crippen LogP contribution in [0.25, 0.3) is 0 Å². The Morgan fingerprint density at radius 2 is 0.975 bits per heavy atom. The fourth-order valence-electron chi connectivity index (χ4n) is 2.92. The van der Waals surface area contributed by atoms with Gasteiger partial charge >= 0.3 is 0 Å². The summed E-state index contributed by atoms with van der Waals surface area (Å²) in [6.07, 6.45) is 0. The van der Waals surface area contributed by atoms with Crippen molar-refractivity contribution in [3.05, 3.63) is 86.0 Å². The quantitative estimate of drug-likeness (QED) is 0.150. The number of non-ortho nitro benzene ring substituents is 2. The van der Waals surface area contributed by atoms with E-state index in [4.69, 9.17) is 26.3 Å². The summed E-state index contributed by atoms with van der Waals surface area (Å²) in [5.74, 6) is -0.735. The number of primary sulfonamides is 3. The van der Waals surface area contributed by atoms with Gasteiger partial charge in [0.1, 0.15) is 10.6 Å². The third-order valence-corrected chi connectivity index (χ3v) is 7.74. The summed E-state index contributed by atoms with van der Waals surface area (Å²) in [4.78, 5) is 18.7. The number of nitro groups is 2. The molecule has 0 aromatic heterocycles. The zero-order chi connectivity index (χ0) is 31.2. The topological polar surface area (TPSA) is 313 Å². The SMILES string of the molecule is Cc1cc(N)ccc1S(N)(=O)=O.Cc1cc([N+](=O)[O-])ccc1S(N)(=O)=O.NS(=O)(=O)c1ccc([N+](=O)[O-])cc1O. The van der Waals surface area contributed by atoms with Gasteiger partial charge in [-0.05, 0) is 55.3 Å². The number of hydrogen-bond donors (Lipinski definition) is 5. The molecule has 40 heavy (non-hydrogen) atoms. The van der Waals surface area contributed by atoms with Crippen molar-refractivity contribution in [2.24, 2.45) is 15.4 Å². The van der Waals surface area contributed by atoms with Crippen LogP contribution in [0.2, 0.25) is 0 Å². The monoisotopic (exact) mass is 620 g/mol. The van der Waals surface area contributed by atoms with Crippen LogP contribution >= 0.6 is 0 Å². The summed E-state index contributed by atoms with van der Waals surface area (Å²) < 4.78 is 65.3. The molecule has 0 amide bonds. The van der Waals surface area contributed by atoms with Crippen LogP contribution in [0.3, 0.4) is 0 Å². The van der Waals surface area contributed by atoms with Crippen LogP contribution in [0.15, 0.2) is 69.3 Å². The van der Waals surface area contributed by atoms with Gasteiger partial charge in [-0.3, -0.25) is 20.2 Å². The molecule has 0 aliphatic rings. The van der Waals surface area contributed by atoms with Crippen molar-refractivity contribution < 1.29 is 40.2 Å². The number of sulfonamides is 3. The zero-order valence-corrected chi connectivity index (χ0v) is 23.1. The Morgan fingerprint density at radius 3 is 1.30 bits per heavy atom. The van der Waals surface area contributed by atoms with E-state index in [2.05, 4.69) is 0 Å². The number of nitro benzene ring substituents is 2. The van der Waals surface area contributed by atoms with Crippen molar-refractivity contribution in [3.63, 3.8) is 0 Å². The lowest BCUT2D eigenvalue weighted by Gasteiger charge is -2.02. The molecule has 0 heterocycles. The van der Waals surface area contributed by atoms with Gasteiger partial charge in [-0.15, -0.1) is 0 Å². The van der Waals surface area contributed by atoms with Gasteiger partial charge in [-0.2, -0.15) is 0 Å². The Kier molecular flexibility index (Phi) is 10.8. The minimum absolute atomic E-state index is 0.0944. The minimum Gasteiger partial charge on any atom is -0.506 e. The zero-order valence-electron chi connectivity index (χ0n) is 20.7. The molecule has 0 radical (unpaired) electrons. The van der Waals surface area contributed by atoms with E-state index in [-0.39, 0.29) is 21.0 Å². The third kappa shape index (κ3) is 9.83. The largest absolute Gasteiger partial charge is 0.506 e. The van der Waals surface area contributed by atoms with Crippen LogP contribution in [-0.2, 0) is 30.1 Å². The highest BCUT2D eigenvalue weighted by atomic mass is 32.2.